The predicted molar refractivity (Wildman–Crippen MR) is 309 cm³/mol. The maximum Gasteiger partial charge on any atom is 0.397 e. The van der Waals surface area contributed by atoms with Crippen LogP contribution in [0, 0.1) is 5.92 Å². The molecule has 0 heterocycles. The van der Waals surface area contributed by atoms with Gasteiger partial charge < -0.3 is 14.2 Å². The monoisotopic (exact) mass is 1170 g/mol. The highest BCUT2D eigenvalue weighted by atomic mass is 32.3. The molecule has 0 aromatic carbocycles. The van der Waals surface area contributed by atoms with Crippen LogP contribution in [-0.4, -0.2) is 94.1 Å². The number of hydrogen-bond acceptors (Lipinski definition) is 14. The van der Waals surface area contributed by atoms with E-state index in [1.165, 1.54) is 0 Å². The molecule has 0 rings (SSSR count). The van der Waals surface area contributed by atoms with E-state index in [-0.39, 0.29) is 44.1 Å². The molecule has 20 heteroatoms. The highest BCUT2D eigenvalue weighted by Gasteiger charge is 2.21. The molecule has 0 aromatic heterocycles. The summed E-state index contributed by atoms with van der Waals surface area (Å²) in [4.78, 5) is 38.4. The highest BCUT2D eigenvalue weighted by molar-refractivity contribution is 7.85. The Morgan fingerprint density at radius 1 is 0.385 bits per heavy atom. The van der Waals surface area contributed by atoms with Crippen molar-refractivity contribution in [3.8, 4) is 0 Å². The quantitative estimate of drug-likeness (QED) is 0.0168. The van der Waals surface area contributed by atoms with E-state index < -0.39 is 67.1 Å². The third-order valence-electron chi connectivity index (χ3n) is 13.4. The Morgan fingerprint density at radius 2 is 0.718 bits per heavy atom. The fraction of sp³-hybridized carbons (Fsp3) is 0.845. The molecule has 3 N–H and O–H groups in total. The molecule has 0 fully saturated rings. The predicted octanol–water partition coefficient (Wildman–Crippen LogP) is 14.8. The lowest BCUT2D eigenvalue weighted by Crippen LogP contribution is -2.30. The van der Waals surface area contributed by atoms with Crippen molar-refractivity contribution < 1.29 is 75.9 Å². The molecule has 0 aliphatic carbocycles. The van der Waals surface area contributed by atoms with Crippen molar-refractivity contribution in [2.75, 3.05) is 19.0 Å². The fourth-order valence-corrected chi connectivity index (χ4v) is 10.9. The Hall–Kier alpha value is -2.72. The first-order valence-corrected chi connectivity index (χ1v) is 34.3. The van der Waals surface area contributed by atoms with Crippen molar-refractivity contribution in [3.63, 3.8) is 0 Å². The van der Waals surface area contributed by atoms with Crippen molar-refractivity contribution in [1.82, 2.24) is 0 Å². The van der Waals surface area contributed by atoms with Gasteiger partial charge in [0.15, 0.2) is 6.10 Å². The smallest absolute Gasteiger partial charge is 0.397 e. The Labute approximate surface area is 473 Å². The zero-order valence-electron chi connectivity index (χ0n) is 48.3. The second-order valence-electron chi connectivity index (χ2n) is 21.0. The lowest BCUT2D eigenvalue weighted by molar-refractivity contribution is -0.167. The van der Waals surface area contributed by atoms with Gasteiger partial charge in [0.1, 0.15) is 13.2 Å². The number of allylic oxidation sites excluding steroid dienone is 4. The Morgan fingerprint density at radius 3 is 1.09 bits per heavy atom. The minimum atomic E-state index is -4.51. The van der Waals surface area contributed by atoms with Crippen LogP contribution in [0.15, 0.2) is 36.5 Å². The number of ether oxygens (including phenoxy) is 3. The van der Waals surface area contributed by atoms with Gasteiger partial charge in [0.2, 0.25) is 0 Å². The SMILES string of the molecule is CCCCCCC(CC=CCCCCCCCC(=O)OC(COC(=O)CCCCCCCC=CCC(CCCCCC)OS(=O)(=O)O)COC(=O)CCCCCCCC=CCC(CCCCCC)OS(=O)(=O)O)CS(=O)(=O)O. The summed E-state index contributed by atoms with van der Waals surface area (Å²) < 4.78 is 122. The number of carbonyl (C=O) groups excluding carboxylic acids is 3. The van der Waals surface area contributed by atoms with Crippen LogP contribution in [0.3, 0.4) is 0 Å². The molecule has 0 aliphatic rings. The van der Waals surface area contributed by atoms with Gasteiger partial charge >= 0.3 is 38.7 Å². The first-order valence-electron chi connectivity index (χ1n) is 30.0. The molecule has 0 amide bonds. The number of hydrogen-bond donors (Lipinski definition) is 3. The van der Waals surface area contributed by atoms with Crippen molar-refractivity contribution in [2.24, 2.45) is 5.92 Å². The number of esters is 3. The molecule has 0 saturated heterocycles. The number of rotatable bonds is 56. The lowest BCUT2D eigenvalue weighted by atomic mass is 9.98. The van der Waals surface area contributed by atoms with E-state index in [2.05, 4.69) is 26.8 Å². The zero-order valence-corrected chi connectivity index (χ0v) is 50.7. The summed E-state index contributed by atoms with van der Waals surface area (Å²) in [5.74, 6) is -1.63. The van der Waals surface area contributed by atoms with Crippen LogP contribution in [0.4, 0.5) is 0 Å². The minimum Gasteiger partial charge on any atom is -0.462 e. The normalized spacial score (nSPS) is 14.1. The standard InChI is InChI=1S/C58H106O17S3/c1-4-7-10-31-40-52(51-76(62,63)64)41-32-25-19-13-16-24-30-39-48-58(61)73-55(49-71-56(59)46-37-28-22-17-14-20-26-35-44-53(74-77(65,66)67)42-33-11-8-5-2)50-72-57(60)47-38-29-23-18-15-21-27-36-45-54(75-78(68,69)70)43-34-12-9-6-3/h25-27,32,35-36,52-55H,4-24,28-31,33-34,37-51H2,1-3H3,(H,62,63,64)(H,65,66,67)(H,68,69,70). The van der Waals surface area contributed by atoms with E-state index in [1.807, 2.05) is 30.4 Å². The van der Waals surface area contributed by atoms with Crippen molar-refractivity contribution in [1.29, 1.82) is 0 Å². The molecule has 0 aliphatic heterocycles. The van der Waals surface area contributed by atoms with Crippen molar-refractivity contribution in [3.05, 3.63) is 36.5 Å². The van der Waals surface area contributed by atoms with Crippen molar-refractivity contribution >= 4 is 48.8 Å². The first-order chi connectivity index (χ1) is 37.3. The van der Waals surface area contributed by atoms with Gasteiger partial charge in [-0.2, -0.15) is 25.3 Å². The molecule has 0 bridgehead atoms. The van der Waals surface area contributed by atoms with Gasteiger partial charge in [-0.15, -0.1) is 0 Å². The third-order valence-corrected chi connectivity index (χ3v) is 15.3. The fourth-order valence-electron chi connectivity index (χ4n) is 8.98. The van der Waals surface area contributed by atoms with E-state index in [1.54, 1.807) is 0 Å². The van der Waals surface area contributed by atoms with E-state index in [9.17, 15) is 44.2 Å². The number of unbranched alkanes of at least 4 members (excludes halogenated alkanes) is 24. The molecule has 0 saturated carbocycles. The van der Waals surface area contributed by atoms with Crippen LogP contribution in [0.2, 0.25) is 0 Å². The van der Waals surface area contributed by atoms with Gasteiger partial charge in [-0.05, 0) is 102 Å². The van der Waals surface area contributed by atoms with Gasteiger partial charge in [0.05, 0.1) is 18.0 Å². The maximum atomic E-state index is 12.9. The summed E-state index contributed by atoms with van der Waals surface area (Å²) in [5, 5.41) is 0. The zero-order chi connectivity index (χ0) is 58.0. The summed E-state index contributed by atoms with van der Waals surface area (Å²) in [6.45, 7) is 5.86. The van der Waals surface area contributed by atoms with E-state index in [0.29, 0.717) is 51.4 Å². The molecule has 0 radical (unpaired) electrons. The molecular formula is C58H106O17S3. The van der Waals surface area contributed by atoms with E-state index in [4.69, 9.17) is 31.7 Å². The van der Waals surface area contributed by atoms with Crippen LogP contribution in [-0.2, 0) is 67.9 Å². The molecule has 0 aromatic rings. The van der Waals surface area contributed by atoms with Crippen LogP contribution >= 0.6 is 0 Å². The third kappa shape index (κ3) is 55.2. The van der Waals surface area contributed by atoms with Gasteiger partial charge in [0.25, 0.3) is 10.1 Å². The molecule has 458 valence electrons. The Balaban J connectivity index is 4.89. The summed E-state index contributed by atoms with van der Waals surface area (Å²) in [6, 6.07) is 0. The summed E-state index contributed by atoms with van der Waals surface area (Å²) in [7, 11) is -13.0. The van der Waals surface area contributed by atoms with Gasteiger partial charge in [0, 0.05) is 19.3 Å². The van der Waals surface area contributed by atoms with Crippen molar-refractivity contribution in [2.45, 2.75) is 289 Å². The second-order valence-corrected chi connectivity index (χ2v) is 24.6. The first kappa shape index (κ1) is 75.3. The summed E-state index contributed by atoms with van der Waals surface area (Å²) in [6.07, 6.45) is 41.0. The summed E-state index contributed by atoms with van der Waals surface area (Å²) in [5.41, 5.74) is 0. The summed E-state index contributed by atoms with van der Waals surface area (Å²) >= 11 is 0. The van der Waals surface area contributed by atoms with E-state index in [0.717, 1.165) is 180 Å². The van der Waals surface area contributed by atoms with Crippen LogP contribution in [0.5, 0.6) is 0 Å². The Bertz CT molecular complexity index is 1830. The molecule has 17 nitrogen and oxygen atoms in total. The number of carbonyl (C=O) groups is 3. The van der Waals surface area contributed by atoms with Crippen LogP contribution in [0.1, 0.15) is 271 Å². The lowest BCUT2D eigenvalue weighted by Gasteiger charge is -2.18. The topological polar surface area (TPSA) is 260 Å². The van der Waals surface area contributed by atoms with E-state index >= 15 is 0 Å². The van der Waals surface area contributed by atoms with Gasteiger partial charge in [-0.25, -0.2) is 8.37 Å². The van der Waals surface area contributed by atoms with Crippen LogP contribution < -0.4 is 0 Å². The largest absolute Gasteiger partial charge is 0.462 e. The molecule has 3 unspecified atom stereocenters. The van der Waals surface area contributed by atoms with Gasteiger partial charge in [-0.3, -0.25) is 28.0 Å². The molecular weight excluding hydrogens is 1060 g/mol. The maximum absolute atomic E-state index is 12.9. The minimum absolute atomic E-state index is 0.0921. The second kappa shape index (κ2) is 50.0. The molecule has 3 atom stereocenters. The molecule has 0 spiro atoms. The highest BCUT2D eigenvalue weighted by Crippen LogP contribution is 2.20. The average molecular weight is 1170 g/mol. The average Bonchev–Trinajstić information content (AvgIpc) is 3.36. The van der Waals surface area contributed by atoms with Gasteiger partial charge in [-0.1, -0.05) is 192 Å². The Kier molecular flexibility index (Phi) is 48.3. The molecule has 78 heavy (non-hydrogen) atoms. The van der Waals surface area contributed by atoms with Crippen LogP contribution in [0.25, 0.3) is 0 Å².